The topological polar surface area (TPSA) is 112 Å². The van der Waals surface area contributed by atoms with E-state index in [0.29, 0.717) is 32.4 Å². The summed E-state index contributed by atoms with van der Waals surface area (Å²) in [6.07, 6.45) is 1.19. The molecule has 4 aromatic rings. The van der Waals surface area contributed by atoms with Crippen molar-refractivity contribution in [2.24, 2.45) is 5.73 Å². The van der Waals surface area contributed by atoms with Crippen molar-refractivity contribution >= 4 is 22.7 Å². The predicted octanol–water partition coefficient (Wildman–Crippen LogP) is 3.55. The summed E-state index contributed by atoms with van der Waals surface area (Å²) in [6, 6.07) is 7.88. The Hall–Kier alpha value is -3.80. The number of alkyl halides is 3. The Morgan fingerprint density at radius 1 is 1.06 bits per heavy atom. The van der Waals surface area contributed by atoms with Gasteiger partial charge in [0, 0.05) is 41.8 Å². The lowest BCUT2D eigenvalue weighted by molar-refractivity contribution is -0.140. The van der Waals surface area contributed by atoms with E-state index in [0.717, 1.165) is 11.8 Å². The second-order valence-corrected chi connectivity index (χ2v) is 9.08. The van der Waals surface area contributed by atoms with Gasteiger partial charge in [0.1, 0.15) is 17.7 Å². The van der Waals surface area contributed by atoms with Gasteiger partial charge in [0.05, 0.1) is 18.4 Å². The third-order valence-corrected chi connectivity index (χ3v) is 6.61. The Balaban J connectivity index is 1.49. The first-order valence-corrected chi connectivity index (χ1v) is 11.4. The third-order valence-electron chi connectivity index (χ3n) is 6.61. The van der Waals surface area contributed by atoms with Gasteiger partial charge in [-0.05, 0) is 43.5 Å². The van der Waals surface area contributed by atoms with Crippen molar-refractivity contribution in [3.63, 3.8) is 0 Å². The van der Waals surface area contributed by atoms with Gasteiger partial charge < -0.3 is 20.9 Å². The lowest BCUT2D eigenvalue weighted by Crippen LogP contribution is -2.43. The van der Waals surface area contributed by atoms with E-state index < -0.39 is 23.1 Å². The van der Waals surface area contributed by atoms with Crippen molar-refractivity contribution in [2.45, 2.75) is 37.5 Å². The van der Waals surface area contributed by atoms with Gasteiger partial charge in [-0.3, -0.25) is 4.98 Å². The van der Waals surface area contributed by atoms with E-state index in [1.54, 1.807) is 11.1 Å². The molecule has 4 heterocycles. The van der Waals surface area contributed by atoms with E-state index in [1.165, 1.54) is 23.3 Å². The summed E-state index contributed by atoms with van der Waals surface area (Å²) in [4.78, 5) is 18.2. The molecule has 1 aliphatic heterocycles. The molecule has 0 spiro atoms. The Morgan fingerprint density at radius 2 is 1.89 bits per heavy atom. The highest BCUT2D eigenvalue weighted by Crippen LogP contribution is 2.41. The SMILES string of the molecule is Nc1ncnc2c1ncn2Cc1c(N2CCC(N)(CCc3ccccn3)C2)ccc(F)c1C(F)(F)F. The summed E-state index contributed by atoms with van der Waals surface area (Å²) in [5.41, 5.74) is 12.0. The molecular weight excluding hydrogens is 476 g/mol. The molecule has 5 rings (SSSR count). The fraction of sp³-hybridized carbons (Fsp3) is 0.333. The lowest BCUT2D eigenvalue weighted by Gasteiger charge is -2.28. The molecular formula is C24H24F4N8. The van der Waals surface area contributed by atoms with Gasteiger partial charge >= 0.3 is 6.18 Å². The van der Waals surface area contributed by atoms with E-state index in [1.807, 2.05) is 18.2 Å². The molecule has 0 radical (unpaired) electrons. The highest BCUT2D eigenvalue weighted by Gasteiger charge is 2.41. The molecule has 0 bridgehead atoms. The van der Waals surface area contributed by atoms with Crippen molar-refractivity contribution < 1.29 is 17.6 Å². The van der Waals surface area contributed by atoms with E-state index in [2.05, 4.69) is 19.9 Å². The fourth-order valence-corrected chi connectivity index (χ4v) is 4.78. The Bertz CT molecular complexity index is 1390. The number of nitrogens with zero attached hydrogens (tertiary/aromatic N) is 6. The molecule has 1 atom stereocenters. The maximum atomic E-state index is 14.6. The summed E-state index contributed by atoms with van der Waals surface area (Å²) >= 11 is 0. The van der Waals surface area contributed by atoms with Crippen LogP contribution in [0.25, 0.3) is 11.2 Å². The molecule has 188 valence electrons. The smallest absolute Gasteiger partial charge is 0.382 e. The number of anilines is 2. The van der Waals surface area contributed by atoms with Crippen LogP contribution >= 0.6 is 0 Å². The molecule has 1 aromatic carbocycles. The lowest BCUT2D eigenvalue weighted by atomic mass is 9.93. The van der Waals surface area contributed by atoms with Crippen molar-refractivity contribution in [3.05, 3.63) is 71.8 Å². The van der Waals surface area contributed by atoms with Gasteiger partial charge in [-0.25, -0.2) is 19.3 Å². The number of aromatic nitrogens is 5. The molecule has 8 nitrogen and oxygen atoms in total. The largest absolute Gasteiger partial charge is 0.419 e. The number of hydrogen-bond acceptors (Lipinski definition) is 7. The highest BCUT2D eigenvalue weighted by atomic mass is 19.4. The fourth-order valence-electron chi connectivity index (χ4n) is 4.78. The number of halogens is 4. The molecule has 0 aliphatic carbocycles. The van der Waals surface area contributed by atoms with E-state index in [9.17, 15) is 17.6 Å². The van der Waals surface area contributed by atoms with Crippen LogP contribution in [0.1, 0.15) is 29.7 Å². The Kier molecular flexibility index (Phi) is 5.99. The van der Waals surface area contributed by atoms with Crippen LogP contribution in [0.15, 0.2) is 49.2 Å². The molecule has 3 aromatic heterocycles. The molecule has 1 fully saturated rings. The van der Waals surface area contributed by atoms with Crippen LogP contribution < -0.4 is 16.4 Å². The van der Waals surface area contributed by atoms with Crippen molar-refractivity contribution in [2.75, 3.05) is 23.7 Å². The summed E-state index contributed by atoms with van der Waals surface area (Å²) in [5, 5.41) is 0. The first-order valence-electron chi connectivity index (χ1n) is 11.4. The number of nitrogens with two attached hydrogens (primary N) is 2. The molecule has 1 saturated heterocycles. The standard InChI is InChI=1S/C24H24F4N8/c25-17-4-5-18(35-10-8-23(30,12-35)7-6-15-3-1-2-9-31-15)16(19(17)24(26,27)28)11-36-14-34-20-21(29)32-13-33-22(20)36/h1-5,9,13-14H,6-8,10-12,30H2,(H2,29,32,33). The first-order chi connectivity index (χ1) is 17.1. The van der Waals surface area contributed by atoms with Gasteiger partial charge in [-0.15, -0.1) is 0 Å². The number of pyridine rings is 1. The van der Waals surface area contributed by atoms with Gasteiger partial charge in [0.15, 0.2) is 11.5 Å². The van der Waals surface area contributed by atoms with Crippen LogP contribution in [0.4, 0.5) is 29.1 Å². The second-order valence-electron chi connectivity index (χ2n) is 9.08. The van der Waals surface area contributed by atoms with Gasteiger partial charge in [-0.1, -0.05) is 6.07 Å². The summed E-state index contributed by atoms with van der Waals surface area (Å²) in [6.45, 7) is 0.459. The van der Waals surface area contributed by atoms with Crippen LogP contribution in [0.5, 0.6) is 0 Å². The Labute approximate surface area is 204 Å². The van der Waals surface area contributed by atoms with Crippen molar-refractivity contribution in [3.8, 4) is 0 Å². The maximum absolute atomic E-state index is 14.6. The molecule has 36 heavy (non-hydrogen) atoms. The normalized spacial score (nSPS) is 18.3. The molecule has 1 aliphatic rings. The number of imidazole rings is 1. The molecule has 1 unspecified atom stereocenters. The molecule has 12 heteroatoms. The molecule has 4 N–H and O–H groups in total. The Morgan fingerprint density at radius 3 is 2.64 bits per heavy atom. The van der Waals surface area contributed by atoms with E-state index in [4.69, 9.17) is 11.5 Å². The number of nitrogen functional groups attached to an aromatic ring is 1. The van der Waals surface area contributed by atoms with Crippen LogP contribution in [-0.2, 0) is 19.1 Å². The zero-order chi connectivity index (χ0) is 25.5. The number of hydrogen-bond donors (Lipinski definition) is 2. The monoisotopic (exact) mass is 500 g/mol. The summed E-state index contributed by atoms with van der Waals surface area (Å²) < 4.78 is 58.3. The maximum Gasteiger partial charge on any atom is 0.419 e. The summed E-state index contributed by atoms with van der Waals surface area (Å²) in [5.74, 6) is -1.23. The van der Waals surface area contributed by atoms with Crippen molar-refractivity contribution in [1.82, 2.24) is 24.5 Å². The predicted molar refractivity (Wildman–Crippen MR) is 127 cm³/mol. The molecule has 0 amide bonds. The number of fused-ring (bicyclic) bond motifs is 1. The van der Waals surface area contributed by atoms with Crippen LogP contribution in [0.3, 0.4) is 0 Å². The van der Waals surface area contributed by atoms with Gasteiger partial charge in [-0.2, -0.15) is 13.2 Å². The number of aryl methyl sites for hydroxylation is 1. The van der Waals surface area contributed by atoms with E-state index in [-0.39, 0.29) is 34.8 Å². The van der Waals surface area contributed by atoms with Crippen LogP contribution in [0, 0.1) is 5.82 Å². The summed E-state index contributed by atoms with van der Waals surface area (Å²) in [7, 11) is 0. The third kappa shape index (κ3) is 4.55. The van der Waals surface area contributed by atoms with Crippen LogP contribution in [0.2, 0.25) is 0 Å². The first kappa shape index (κ1) is 23.9. The van der Waals surface area contributed by atoms with Crippen LogP contribution in [-0.4, -0.2) is 43.1 Å². The average Bonchev–Trinajstić information content (AvgIpc) is 3.43. The minimum absolute atomic E-state index is 0.106. The zero-order valence-corrected chi connectivity index (χ0v) is 19.2. The highest BCUT2D eigenvalue weighted by molar-refractivity contribution is 5.81. The minimum Gasteiger partial charge on any atom is -0.382 e. The second kappa shape index (κ2) is 9.01. The van der Waals surface area contributed by atoms with Gasteiger partial charge in [0.25, 0.3) is 0 Å². The number of benzene rings is 1. The van der Waals surface area contributed by atoms with Gasteiger partial charge in [0.2, 0.25) is 0 Å². The average molecular weight is 501 g/mol. The minimum atomic E-state index is -4.90. The number of rotatable bonds is 6. The quantitative estimate of drug-likeness (QED) is 0.390. The van der Waals surface area contributed by atoms with E-state index >= 15 is 0 Å². The zero-order valence-electron chi connectivity index (χ0n) is 19.2. The molecule has 0 saturated carbocycles. The van der Waals surface area contributed by atoms with Crippen molar-refractivity contribution in [1.29, 1.82) is 0 Å².